The summed E-state index contributed by atoms with van der Waals surface area (Å²) < 4.78 is 1.51. The van der Waals surface area contributed by atoms with Crippen LogP contribution in [-0.2, 0) is 6.42 Å². The predicted molar refractivity (Wildman–Crippen MR) is 118 cm³/mol. The number of thiazole rings is 2. The minimum atomic E-state index is -0.302. The van der Waals surface area contributed by atoms with Crippen LogP contribution >= 0.6 is 22.7 Å². The van der Waals surface area contributed by atoms with Gasteiger partial charge in [0.1, 0.15) is 10.6 Å². The first-order valence-corrected chi connectivity index (χ1v) is 11.6. The van der Waals surface area contributed by atoms with Crippen LogP contribution in [0.3, 0.4) is 0 Å². The zero-order valence-corrected chi connectivity index (χ0v) is 17.9. The highest BCUT2D eigenvalue weighted by molar-refractivity contribution is 7.17. The molecule has 0 saturated carbocycles. The van der Waals surface area contributed by atoms with Crippen molar-refractivity contribution >= 4 is 33.5 Å². The van der Waals surface area contributed by atoms with Crippen molar-refractivity contribution < 1.29 is 4.79 Å². The van der Waals surface area contributed by atoms with E-state index >= 15 is 0 Å². The summed E-state index contributed by atoms with van der Waals surface area (Å²) in [4.78, 5) is 38.7. The second-order valence-electron chi connectivity index (χ2n) is 7.37. The summed E-state index contributed by atoms with van der Waals surface area (Å²) in [6, 6.07) is 10.0. The van der Waals surface area contributed by atoms with Gasteiger partial charge in [-0.15, -0.1) is 22.7 Å². The molecule has 152 valence electrons. The fourth-order valence-corrected chi connectivity index (χ4v) is 5.70. The third-order valence-electron chi connectivity index (χ3n) is 5.41. The standard InChI is InChI=1S/C22H20N4O2S2/c27-20(25-10-5-4-8-18(25)19-23-9-11-29-19)17-13-24-22-26(21(17)28)14-16(30-22)12-15-6-2-1-3-7-15/h1-3,6-7,9,11,13-14,18H,4-5,8,10,12H2. The minimum absolute atomic E-state index is 0.0672. The zero-order valence-electron chi connectivity index (χ0n) is 16.2. The van der Waals surface area contributed by atoms with E-state index < -0.39 is 0 Å². The molecule has 0 radical (unpaired) electrons. The summed E-state index contributed by atoms with van der Waals surface area (Å²) in [5.41, 5.74) is 0.997. The lowest BCUT2D eigenvalue weighted by Gasteiger charge is -2.34. The van der Waals surface area contributed by atoms with Crippen molar-refractivity contribution in [1.29, 1.82) is 0 Å². The van der Waals surface area contributed by atoms with Gasteiger partial charge in [0.25, 0.3) is 11.5 Å². The number of likely N-dealkylation sites (tertiary alicyclic amines) is 1. The number of rotatable bonds is 4. The fourth-order valence-electron chi connectivity index (χ4n) is 3.94. The average molecular weight is 437 g/mol. The molecule has 0 aliphatic carbocycles. The van der Waals surface area contributed by atoms with E-state index in [-0.39, 0.29) is 23.1 Å². The SMILES string of the molecule is O=C(c1cnc2sc(Cc3ccccc3)cn2c1=O)N1CCCCC1c1nccs1. The lowest BCUT2D eigenvalue weighted by atomic mass is 10.0. The highest BCUT2D eigenvalue weighted by atomic mass is 32.1. The Morgan fingerprint density at radius 3 is 2.83 bits per heavy atom. The molecule has 1 aliphatic heterocycles. The number of carbonyl (C=O) groups excluding carboxylic acids is 1. The summed E-state index contributed by atoms with van der Waals surface area (Å²) in [6.07, 6.45) is 8.61. The van der Waals surface area contributed by atoms with E-state index in [2.05, 4.69) is 22.1 Å². The zero-order chi connectivity index (χ0) is 20.5. The van der Waals surface area contributed by atoms with Gasteiger partial charge in [-0.3, -0.25) is 14.0 Å². The van der Waals surface area contributed by atoms with Crippen molar-refractivity contribution in [2.75, 3.05) is 6.54 Å². The molecule has 30 heavy (non-hydrogen) atoms. The second kappa shape index (κ2) is 8.12. The van der Waals surface area contributed by atoms with E-state index in [1.165, 1.54) is 27.5 Å². The second-order valence-corrected chi connectivity index (χ2v) is 9.39. The molecule has 1 atom stereocenters. The van der Waals surface area contributed by atoms with Crippen molar-refractivity contribution in [2.24, 2.45) is 0 Å². The molecule has 4 aromatic rings. The number of hydrogen-bond acceptors (Lipinski definition) is 6. The van der Waals surface area contributed by atoms with Crippen molar-refractivity contribution in [3.05, 3.63) is 85.7 Å². The molecule has 8 heteroatoms. The highest BCUT2D eigenvalue weighted by Crippen LogP contribution is 2.32. The minimum Gasteiger partial charge on any atom is -0.329 e. The molecule has 1 fully saturated rings. The Hall–Kier alpha value is -2.84. The van der Waals surface area contributed by atoms with E-state index in [4.69, 9.17) is 0 Å². The molecular weight excluding hydrogens is 416 g/mol. The predicted octanol–water partition coefficient (Wildman–Crippen LogP) is 4.17. The van der Waals surface area contributed by atoms with Crippen LogP contribution in [0.4, 0.5) is 0 Å². The number of fused-ring (bicyclic) bond motifs is 1. The molecule has 1 saturated heterocycles. The molecule has 5 rings (SSSR count). The third-order valence-corrected chi connectivity index (χ3v) is 7.28. The molecular formula is C22H20N4O2S2. The van der Waals surface area contributed by atoms with Crippen LogP contribution in [-0.4, -0.2) is 31.7 Å². The van der Waals surface area contributed by atoms with Gasteiger partial charge in [0, 0.05) is 41.8 Å². The molecule has 0 bridgehead atoms. The summed E-state index contributed by atoms with van der Waals surface area (Å²) in [6.45, 7) is 0.633. The van der Waals surface area contributed by atoms with E-state index in [9.17, 15) is 9.59 Å². The number of aromatic nitrogens is 3. The maximum atomic E-state index is 13.3. The van der Waals surface area contributed by atoms with Crippen LogP contribution in [0.1, 0.15) is 51.1 Å². The number of carbonyl (C=O) groups is 1. The first kappa shape index (κ1) is 19.1. The van der Waals surface area contributed by atoms with Crippen molar-refractivity contribution in [3.8, 4) is 0 Å². The molecule has 0 spiro atoms. The van der Waals surface area contributed by atoms with Gasteiger partial charge in [-0.1, -0.05) is 30.3 Å². The van der Waals surface area contributed by atoms with E-state index in [1.54, 1.807) is 22.4 Å². The normalized spacial score (nSPS) is 16.8. The maximum absolute atomic E-state index is 13.3. The van der Waals surface area contributed by atoms with Crippen LogP contribution in [0.15, 0.2) is 59.1 Å². The van der Waals surface area contributed by atoms with Crippen molar-refractivity contribution in [1.82, 2.24) is 19.3 Å². The maximum Gasteiger partial charge on any atom is 0.271 e. The third kappa shape index (κ3) is 3.57. The van der Waals surface area contributed by atoms with Crippen LogP contribution < -0.4 is 5.56 Å². The Morgan fingerprint density at radius 1 is 1.17 bits per heavy atom. The Morgan fingerprint density at radius 2 is 2.03 bits per heavy atom. The van der Waals surface area contributed by atoms with Gasteiger partial charge in [-0.2, -0.15) is 0 Å². The van der Waals surface area contributed by atoms with Crippen LogP contribution in [0.2, 0.25) is 0 Å². The van der Waals surface area contributed by atoms with E-state index in [1.807, 2.05) is 29.8 Å². The summed E-state index contributed by atoms with van der Waals surface area (Å²) in [5.74, 6) is -0.252. The first-order valence-electron chi connectivity index (χ1n) is 9.95. The lowest BCUT2D eigenvalue weighted by molar-refractivity contribution is 0.0608. The smallest absolute Gasteiger partial charge is 0.271 e. The number of benzene rings is 1. The molecule has 3 aromatic heterocycles. The topological polar surface area (TPSA) is 67.6 Å². The van der Waals surface area contributed by atoms with Crippen molar-refractivity contribution in [3.63, 3.8) is 0 Å². The molecule has 0 N–H and O–H groups in total. The Bertz CT molecular complexity index is 1230. The summed E-state index contributed by atoms with van der Waals surface area (Å²) >= 11 is 3.03. The van der Waals surface area contributed by atoms with Crippen LogP contribution in [0, 0.1) is 0 Å². The van der Waals surface area contributed by atoms with Gasteiger partial charge in [-0.25, -0.2) is 9.97 Å². The van der Waals surface area contributed by atoms with Gasteiger partial charge in [-0.05, 0) is 24.8 Å². The number of amides is 1. The Kier molecular flexibility index (Phi) is 5.18. The van der Waals surface area contributed by atoms with Gasteiger partial charge >= 0.3 is 0 Å². The van der Waals surface area contributed by atoms with Gasteiger partial charge in [0.05, 0.1) is 6.04 Å². The van der Waals surface area contributed by atoms with Crippen LogP contribution in [0.5, 0.6) is 0 Å². The van der Waals surface area contributed by atoms with E-state index in [0.717, 1.165) is 35.6 Å². The van der Waals surface area contributed by atoms with Gasteiger partial charge in [0.15, 0.2) is 4.96 Å². The number of piperidine rings is 1. The molecule has 1 aromatic carbocycles. The first-order chi connectivity index (χ1) is 14.7. The number of hydrogen-bond donors (Lipinski definition) is 0. The lowest BCUT2D eigenvalue weighted by Crippen LogP contribution is -2.41. The van der Waals surface area contributed by atoms with Crippen molar-refractivity contribution in [2.45, 2.75) is 31.7 Å². The molecule has 6 nitrogen and oxygen atoms in total. The molecule has 1 aliphatic rings. The van der Waals surface area contributed by atoms with E-state index in [0.29, 0.717) is 11.5 Å². The Labute approximate surface area is 181 Å². The largest absolute Gasteiger partial charge is 0.329 e. The Balaban J connectivity index is 1.47. The monoisotopic (exact) mass is 436 g/mol. The fraction of sp³-hybridized carbons (Fsp3) is 0.273. The van der Waals surface area contributed by atoms with Gasteiger partial charge < -0.3 is 4.90 Å². The van der Waals surface area contributed by atoms with Gasteiger partial charge in [0.2, 0.25) is 0 Å². The quantitative estimate of drug-likeness (QED) is 0.482. The summed E-state index contributed by atoms with van der Waals surface area (Å²) in [7, 11) is 0. The van der Waals surface area contributed by atoms with Crippen LogP contribution in [0.25, 0.3) is 4.96 Å². The molecule has 4 heterocycles. The molecule has 1 amide bonds. The molecule has 1 unspecified atom stereocenters. The summed E-state index contributed by atoms with van der Waals surface area (Å²) in [5, 5.41) is 2.85. The average Bonchev–Trinajstić information content (AvgIpc) is 3.45. The highest BCUT2D eigenvalue weighted by Gasteiger charge is 2.32. The number of nitrogens with zero attached hydrogens (tertiary/aromatic N) is 4.